The smallest absolute Gasteiger partial charge is 0.274 e. The summed E-state index contributed by atoms with van der Waals surface area (Å²) in [6, 6.07) is 6.75. The van der Waals surface area contributed by atoms with E-state index in [9.17, 15) is 4.79 Å². The molecule has 1 aromatic heterocycles. The molecule has 134 valence electrons. The van der Waals surface area contributed by atoms with E-state index in [-0.39, 0.29) is 5.91 Å². The molecule has 1 aromatic carbocycles. The molecule has 1 heterocycles. The van der Waals surface area contributed by atoms with E-state index in [0.29, 0.717) is 27.4 Å². The van der Waals surface area contributed by atoms with Gasteiger partial charge in [-0.15, -0.1) is 0 Å². The molecular formula is C18H22Cl2N4O. The predicted molar refractivity (Wildman–Crippen MR) is 104 cm³/mol. The van der Waals surface area contributed by atoms with Gasteiger partial charge in [0.05, 0.1) is 15.7 Å². The monoisotopic (exact) mass is 380 g/mol. The molecule has 7 heteroatoms. The largest absolute Gasteiger partial charge is 0.341 e. The van der Waals surface area contributed by atoms with Crippen LogP contribution in [0, 0.1) is 6.92 Å². The van der Waals surface area contributed by atoms with E-state index in [0.717, 1.165) is 31.6 Å². The average Bonchev–Trinajstić information content (AvgIpc) is 2.58. The molecule has 0 aliphatic heterocycles. The van der Waals surface area contributed by atoms with Crippen LogP contribution >= 0.6 is 23.2 Å². The number of carbonyl (C=O) groups is 1. The average molecular weight is 381 g/mol. The van der Waals surface area contributed by atoms with Crippen LogP contribution in [0.3, 0.4) is 0 Å². The first-order valence-electron chi connectivity index (χ1n) is 8.32. The maximum atomic E-state index is 12.6. The van der Waals surface area contributed by atoms with E-state index < -0.39 is 0 Å². The van der Waals surface area contributed by atoms with Gasteiger partial charge in [0.2, 0.25) is 5.95 Å². The van der Waals surface area contributed by atoms with Crippen molar-refractivity contribution < 1.29 is 4.79 Å². The van der Waals surface area contributed by atoms with Crippen molar-refractivity contribution in [2.75, 3.05) is 23.3 Å². The topological polar surface area (TPSA) is 58.1 Å². The van der Waals surface area contributed by atoms with Gasteiger partial charge in [0.25, 0.3) is 5.91 Å². The van der Waals surface area contributed by atoms with Crippen molar-refractivity contribution in [1.82, 2.24) is 9.97 Å². The summed E-state index contributed by atoms with van der Waals surface area (Å²) in [6.45, 7) is 7.75. The van der Waals surface area contributed by atoms with Crippen LogP contribution in [0.15, 0.2) is 24.3 Å². The van der Waals surface area contributed by atoms with Crippen molar-refractivity contribution in [3.8, 4) is 0 Å². The first kappa shape index (κ1) is 19.5. The number of anilines is 2. The van der Waals surface area contributed by atoms with Crippen LogP contribution in [-0.2, 0) is 0 Å². The first-order valence-corrected chi connectivity index (χ1v) is 9.07. The minimum atomic E-state index is -0.344. The molecule has 0 unspecified atom stereocenters. The van der Waals surface area contributed by atoms with Crippen molar-refractivity contribution in [2.45, 2.75) is 33.6 Å². The SMILES string of the molecule is CCCN(CCC)c1nc(C)cc(C(=O)Nc2cccc(Cl)c2Cl)n1. The lowest BCUT2D eigenvalue weighted by Gasteiger charge is -2.22. The quantitative estimate of drug-likeness (QED) is 0.736. The Kier molecular flexibility index (Phi) is 7.02. The number of amides is 1. The number of halogens is 2. The summed E-state index contributed by atoms with van der Waals surface area (Å²) >= 11 is 12.1. The summed E-state index contributed by atoms with van der Waals surface area (Å²) < 4.78 is 0. The minimum absolute atomic E-state index is 0.302. The van der Waals surface area contributed by atoms with Crippen LogP contribution in [0.2, 0.25) is 10.0 Å². The molecule has 0 spiro atoms. The molecule has 0 aliphatic rings. The van der Waals surface area contributed by atoms with Crippen molar-refractivity contribution in [2.24, 2.45) is 0 Å². The third-order valence-corrected chi connectivity index (χ3v) is 4.36. The summed E-state index contributed by atoms with van der Waals surface area (Å²) in [5.74, 6) is 0.231. The highest BCUT2D eigenvalue weighted by Gasteiger charge is 2.16. The molecular weight excluding hydrogens is 359 g/mol. The molecule has 0 aliphatic carbocycles. The lowest BCUT2D eigenvalue weighted by molar-refractivity contribution is 0.102. The van der Waals surface area contributed by atoms with E-state index in [1.165, 1.54) is 0 Å². The molecule has 1 amide bonds. The normalized spacial score (nSPS) is 10.6. The van der Waals surface area contributed by atoms with Crippen molar-refractivity contribution in [3.63, 3.8) is 0 Å². The number of hydrogen-bond donors (Lipinski definition) is 1. The van der Waals surface area contributed by atoms with Crippen molar-refractivity contribution in [1.29, 1.82) is 0 Å². The Morgan fingerprint density at radius 1 is 1.16 bits per heavy atom. The Morgan fingerprint density at radius 3 is 2.48 bits per heavy atom. The van der Waals surface area contributed by atoms with Gasteiger partial charge in [-0.05, 0) is 38.0 Å². The molecule has 1 N–H and O–H groups in total. The van der Waals surface area contributed by atoms with Gasteiger partial charge in [-0.25, -0.2) is 9.97 Å². The summed E-state index contributed by atoms with van der Waals surface area (Å²) in [6.07, 6.45) is 1.97. The van der Waals surface area contributed by atoms with E-state index in [1.807, 2.05) is 6.92 Å². The Labute approximate surface area is 158 Å². The number of nitrogens with zero attached hydrogens (tertiary/aromatic N) is 3. The molecule has 0 radical (unpaired) electrons. The standard InChI is InChI=1S/C18H22Cl2N4O/c1-4-9-24(10-5-2)18-21-12(3)11-15(23-18)17(25)22-14-8-6-7-13(19)16(14)20/h6-8,11H,4-5,9-10H2,1-3H3,(H,22,25). The third kappa shape index (κ3) is 5.06. The Morgan fingerprint density at radius 2 is 1.84 bits per heavy atom. The minimum Gasteiger partial charge on any atom is -0.341 e. The fourth-order valence-corrected chi connectivity index (χ4v) is 2.80. The summed E-state index contributed by atoms with van der Waals surface area (Å²) in [4.78, 5) is 23.6. The number of aromatic nitrogens is 2. The Balaban J connectivity index is 2.29. The number of nitrogens with one attached hydrogen (secondary N) is 1. The van der Waals surface area contributed by atoms with Crippen LogP contribution in [-0.4, -0.2) is 29.0 Å². The Hall–Kier alpha value is -1.85. The number of rotatable bonds is 7. The maximum absolute atomic E-state index is 12.6. The maximum Gasteiger partial charge on any atom is 0.274 e. The van der Waals surface area contributed by atoms with Crippen LogP contribution in [0.4, 0.5) is 11.6 Å². The van der Waals surface area contributed by atoms with Gasteiger partial charge in [-0.1, -0.05) is 43.1 Å². The molecule has 0 saturated carbocycles. The van der Waals surface area contributed by atoms with Gasteiger partial charge in [0, 0.05) is 18.8 Å². The molecule has 0 fully saturated rings. The highest BCUT2D eigenvalue weighted by molar-refractivity contribution is 6.44. The highest BCUT2D eigenvalue weighted by atomic mass is 35.5. The Bertz CT molecular complexity index is 746. The lowest BCUT2D eigenvalue weighted by Crippen LogP contribution is -2.28. The fourth-order valence-electron chi connectivity index (χ4n) is 2.45. The third-order valence-electron chi connectivity index (χ3n) is 3.54. The molecule has 0 saturated heterocycles. The van der Waals surface area contributed by atoms with Crippen LogP contribution in [0.25, 0.3) is 0 Å². The van der Waals surface area contributed by atoms with Gasteiger partial charge < -0.3 is 10.2 Å². The van der Waals surface area contributed by atoms with Crippen LogP contribution in [0.1, 0.15) is 42.9 Å². The summed E-state index contributed by atoms with van der Waals surface area (Å²) in [5.41, 5.74) is 1.50. The van der Waals surface area contributed by atoms with E-state index in [4.69, 9.17) is 23.2 Å². The summed E-state index contributed by atoms with van der Waals surface area (Å²) in [5, 5.41) is 3.45. The first-order chi connectivity index (χ1) is 12.0. The lowest BCUT2D eigenvalue weighted by atomic mass is 10.2. The van der Waals surface area contributed by atoms with E-state index in [2.05, 4.69) is 34.0 Å². The van der Waals surface area contributed by atoms with Crippen molar-refractivity contribution >= 4 is 40.7 Å². The van der Waals surface area contributed by atoms with E-state index >= 15 is 0 Å². The number of benzene rings is 1. The molecule has 5 nitrogen and oxygen atoms in total. The van der Waals surface area contributed by atoms with Gasteiger partial charge in [0.15, 0.2) is 0 Å². The summed E-state index contributed by atoms with van der Waals surface area (Å²) in [7, 11) is 0. The second-order valence-corrected chi connectivity index (χ2v) is 6.52. The zero-order valence-electron chi connectivity index (χ0n) is 14.6. The second kappa shape index (κ2) is 9.02. The predicted octanol–water partition coefficient (Wildman–Crippen LogP) is 4.97. The zero-order chi connectivity index (χ0) is 18.4. The molecule has 2 rings (SSSR count). The number of hydrogen-bond acceptors (Lipinski definition) is 4. The fraction of sp³-hybridized carbons (Fsp3) is 0.389. The highest BCUT2D eigenvalue weighted by Crippen LogP contribution is 2.29. The number of carbonyl (C=O) groups excluding carboxylic acids is 1. The molecule has 2 aromatic rings. The van der Waals surface area contributed by atoms with Gasteiger partial charge in [0.1, 0.15) is 5.69 Å². The molecule has 0 bridgehead atoms. The zero-order valence-corrected chi connectivity index (χ0v) is 16.2. The van der Waals surface area contributed by atoms with Crippen LogP contribution in [0.5, 0.6) is 0 Å². The van der Waals surface area contributed by atoms with Gasteiger partial charge in [-0.2, -0.15) is 0 Å². The van der Waals surface area contributed by atoms with Gasteiger partial charge >= 0.3 is 0 Å². The number of aryl methyl sites for hydroxylation is 1. The molecule has 25 heavy (non-hydrogen) atoms. The second-order valence-electron chi connectivity index (χ2n) is 5.74. The van der Waals surface area contributed by atoms with Crippen LogP contribution < -0.4 is 10.2 Å². The van der Waals surface area contributed by atoms with Gasteiger partial charge in [-0.3, -0.25) is 4.79 Å². The van der Waals surface area contributed by atoms with Crippen molar-refractivity contribution in [3.05, 3.63) is 45.7 Å². The van der Waals surface area contributed by atoms with E-state index in [1.54, 1.807) is 24.3 Å². The molecule has 0 atom stereocenters.